The van der Waals surface area contributed by atoms with Gasteiger partial charge < -0.3 is 10.7 Å². The Morgan fingerprint density at radius 3 is 2.32 bits per heavy atom. The van der Waals surface area contributed by atoms with E-state index in [4.69, 9.17) is 5.73 Å². The molecule has 0 saturated carbocycles. The molecule has 0 aliphatic carbocycles. The first-order valence-electron chi connectivity index (χ1n) is 9.40. The van der Waals surface area contributed by atoms with Crippen LogP contribution in [0.3, 0.4) is 0 Å². The number of halogens is 3. The molecule has 2 rings (SSSR count). The molecule has 4 nitrogen and oxygen atoms in total. The Morgan fingerprint density at radius 2 is 1.79 bits per heavy atom. The number of aromatic amines is 1. The summed E-state index contributed by atoms with van der Waals surface area (Å²) in [6, 6.07) is 8.59. The SMILES string of the molecule is CCCc1ccc(C(CCCCC(N)=O)c2ccc(C(F)(F)F)cc2)[nH]c1=O. The van der Waals surface area contributed by atoms with Crippen LogP contribution in [0, 0.1) is 0 Å². The first-order chi connectivity index (χ1) is 13.2. The Labute approximate surface area is 162 Å². The molecule has 3 N–H and O–H groups in total. The van der Waals surface area contributed by atoms with Crippen LogP contribution in [0.4, 0.5) is 13.2 Å². The van der Waals surface area contributed by atoms with Crippen molar-refractivity contribution >= 4 is 5.91 Å². The molecule has 2 aromatic rings. The Bertz CT molecular complexity index is 842. The summed E-state index contributed by atoms with van der Waals surface area (Å²) in [6.45, 7) is 1.98. The fourth-order valence-corrected chi connectivity index (χ4v) is 3.24. The van der Waals surface area contributed by atoms with Gasteiger partial charge in [0.15, 0.2) is 0 Å². The quantitative estimate of drug-likeness (QED) is 0.614. The van der Waals surface area contributed by atoms with Crippen molar-refractivity contribution in [3.05, 3.63) is 69.1 Å². The molecule has 0 aliphatic heterocycles. The molecular formula is C21H25F3N2O2. The molecule has 1 amide bonds. The summed E-state index contributed by atoms with van der Waals surface area (Å²) < 4.78 is 38.5. The van der Waals surface area contributed by atoms with E-state index >= 15 is 0 Å². The smallest absolute Gasteiger partial charge is 0.370 e. The number of benzene rings is 1. The van der Waals surface area contributed by atoms with Gasteiger partial charge in [-0.25, -0.2) is 0 Å². The number of hydrogen-bond donors (Lipinski definition) is 2. The fraction of sp³-hybridized carbons (Fsp3) is 0.429. The van der Waals surface area contributed by atoms with Crippen LogP contribution >= 0.6 is 0 Å². The molecule has 7 heteroatoms. The summed E-state index contributed by atoms with van der Waals surface area (Å²) in [5, 5.41) is 0. The van der Waals surface area contributed by atoms with Gasteiger partial charge in [-0.1, -0.05) is 38.0 Å². The standard InChI is InChI=1S/C21H25F3N2O2/c1-2-5-15-10-13-18(26-20(15)28)17(6-3-4-7-19(25)27)14-8-11-16(12-9-14)21(22,23)24/h8-13,17H,2-7H2,1H3,(H2,25,27)(H,26,28). The molecule has 28 heavy (non-hydrogen) atoms. The Morgan fingerprint density at radius 1 is 1.11 bits per heavy atom. The summed E-state index contributed by atoms with van der Waals surface area (Å²) in [5.41, 5.74) is 6.30. The molecule has 1 heterocycles. The summed E-state index contributed by atoms with van der Waals surface area (Å²) in [6.07, 6.45) is -0.798. The van der Waals surface area contributed by atoms with Crippen molar-refractivity contribution in [2.45, 2.75) is 57.5 Å². The summed E-state index contributed by atoms with van der Waals surface area (Å²) in [5.74, 6) is -0.651. The molecule has 152 valence electrons. The average molecular weight is 394 g/mol. The number of nitrogens with two attached hydrogens (primary N) is 1. The zero-order chi connectivity index (χ0) is 20.7. The van der Waals surface area contributed by atoms with Crippen molar-refractivity contribution in [3.63, 3.8) is 0 Å². The van der Waals surface area contributed by atoms with Gasteiger partial charge in [-0.05, 0) is 43.0 Å². The molecule has 1 aromatic heterocycles. The van der Waals surface area contributed by atoms with Crippen LogP contribution in [-0.4, -0.2) is 10.9 Å². The second-order valence-corrected chi connectivity index (χ2v) is 6.90. The van der Waals surface area contributed by atoms with Crippen molar-refractivity contribution in [1.82, 2.24) is 4.98 Å². The highest BCUT2D eigenvalue weighted by atomic mass is 19.4. The van der Waals surface area contributed by atoms with E-state index in [1.807, 2.05) is 13.0 Å². The number of hydrogen-bond acceptors (Lipinski definition) is 2. The van der Waals surface area contributed by atoms with Gasteiger partial charge in [-0.2, -0.15) is 13.2 Å². The van der Waals surface area contributed by atoms with E-state index in [9.17, 15) is 22.8 Å². The zero-order valence-corrected chi connectivity index (χ0v) is 15.8. The van der Waals surface area contributed by atoms with Gasteiger partial charge in [-0.3, -0.25) is 9.59 Å². The topological polar surface area (TPSA) is 76.0 Å². The van der Waals surface area contributed by atoms with Crippen LogP contribution in [0.15, 0.2) is 41.2 Å². The third kappa shape index (κ3) is 5.97. The largest absolute Gasteiger partial charge is 0.416 e. The van der Waals surface area contributed by atoms with Gasteiger partial charge in [0.2, 0.25) is 5.91 Å². The average Bonchev–Trinajstić information content (AvgIpc) is 2.63. The lowest BCUT2D eigenvalue weighted by Gasteiger charge is -2.19. The normalized spacial score (nSPS) is 12.7. The van der Waals surface area contributed by atoms with Gasteiger partial charge >= 0.3 is 6.18 Å². The van der Waals surface area contributed by atoms with Crippen LogP contribution in [0.5, 0.6) is 0 Å². The van der Waals surface area contributed by atoms with Crippen molar-refractivity contribution in [2.75, 3.05) is 0 Å². The highest BCUT2D eigenvalue weighted by Crippen LogP contribution is 2.33. The highest BCUT2D eigenvalue weighted by molar-refractivity contribution is 5.73. The first kappa shape index (κ1) is 21.7. The number of nitrogens with one attached hydrogen (secondary N) is 1. The molecule has 0 spiro atoms. The van der Waals surface area contributed by atoms with Gasteiger partial charge in [0.25, 0.3) is 5.56 Å². The molecule has 1 unspecified atom stereocenters. The van der Waals surface area contributed by atoms with Crippen LogP contribution in [0.25, 0.3) is 0 Å². The fourth-order valence-electron chi connectivity index (χ4n) is 3.24. The highest BCUT2D eigenvalue weighted by Gasteiger charge is 2.30. The third-order valence-corrected chi connectivity index (χ3v) is 4.71. The summed E-state index contributed by atoms with van der Waals surface area (Å²) in [7, 11) is 0. The van der Waals surface area contributed by atoms with Crippen molar-refractivity contribution in [3.8, 4) is 0 Å². The minimum absolute atomic E-state index is 0.173. The van der Waals surface area contributed by atoms with Crippen molar-refractivity contribution < 1.29 is 18.0 Å². The molecular weight excluding hydrogens is 369 g/mol. The molecule has 0 aliphatic rings. The predicted octanol–water partition coefficient (Wildman–Crippen LogP) is 4.52. The van der Waals surface area contributed by atoms with E-state index < -0.39 is 11.7 Å². The van der Waals surface area contributed by atoms with E-state index in [-0.39, 0.29) is 23.8 Å². The second kappa shape index (κ2) is 9.57. The lowest BCUT2D eigenvalue weighted by molar-refractivity contribution is -0.137. The lowest BCUT2D eigenvalue weighted by atomic mass is 9.89. The Balaban J connectivity index is 2.30. The molecule has 0 saturated heterocycles. The van der Waals surface area contributed by atoms with E-state index in [1.54, 1.807) is 6.07 Å². The van der Waals surface area contributed by atoms with Crippen molar-refractivity contribution in [2.24, 2.45) is 5.73 Å². The number of aryl methyl sites for hydroxylation is 1. The monoisotopic (exact) mass is 394 g/mol. The number of aromatic nitrogens is 1. The maximum absolute atomic E-state index is 12.8. The van der Waals surface area contributed by atoms with E-state index in [0.717, 1.165) is 18.6 Å². The number of amides is 1. The third-order valence-electron chi connectivity index (χ3n) is 4.71. The van der Waals surface area contributed by atoms with Gasteiger partial charge in [0.1, 0.15) is 0 Å². The minimum atomic E-state index is -4.40. The summed E-state index contributed by atoms with van der Waals surface area (Å²) in [4.78, 5) is 26.1. The van der Waals surface area contributed by atoms with Gasteiger partial charge in [0.05, 0.1) is 5.56 Å². The maximum Gasteiger partial charge on any atom is 0.416 e. The molecule has 1 aromatic carbocycles. The van der Waals surface area contributed by atoms with E-state index in [1.165, 1.54) is 12.1 Å². The maximum atomic E-state index is 12.8. The number of primary amides is 1. The zero-order valence-electron chi connectivity index (χ0n) is 15.8. The minimum Gasteiger partial charge on any atom is -0.370 e. The first-order valence-corrected chi connectivity index (χ1v) is 9.40. The second-order valence-electron chi connectivity index (χ2n) is 6.90. The number of carbonyl (C=O) groups excluding carboxylic acids is 1. The Kier molecular flexibility index (Phi) is 7.43. The van der Waals surface area contributed by atoms with Crippen LogP contribution in [-0.2, 0) is 17.4 Å². The van der Waals surface area contributed by atoms with Crippen LogP contribution < -0.4 is 11.3 Å². The lowest BCUT2D eigenvalue weighted by Crippen LogP contribution is -2.17. The summed E-state index contributed by atoms with van der Waals surface area (Å²) >= 11 is 0. The van der Waals surface area contributed by atoms with E-state index in [0.29, 0.717) is 42.5 Å². The molecule has 0 fully saturated rings. The molecule has 1 atom stereocenters. The molecule has 0 bridgehead atoms. The van der Waals surface area contributed by atoms with Gasteiger partial charge in [0, 0.05) is 23.6 Å². The van der Waals surface area contributed by atoms with Crippen LogP contribution in [0.1, 0.15) is 67.3 Å². The number of unbranched alkanes of at least 4 members (excludes halogenated alkanes) is 1. The van der Waals surface area contributed by atoms with E-state index in [2.05, 4.69) is 4.98 Å². The van der Waals surface area contributed by atoms with Crippen LogP contribution in [0.2, 0.25) is 0 Å². The number of pyridine rings is 1. The number of H-pyrrole nitrogens is 1. The molecule has 0 radical (unpaired) electrons. The predicted molar refractivity (Wildman–Crippen MR) is 102 cm³/mol. The van der Waals surface area contributed by atoms with Gasteiger partial charge in [-0.15, -0.1) is 0 Å². The van der Waals surface area contributed by atoms with Crippen molar-refractivity contribution in [1.29, 1.82) is 0 Å². The number of carbonyl (C=O) groups is 1. The number of rotatable bonds is 9. The Hall–Kier alpha value is -2.57. The number of alkyl halides is 3.